The minimum atomic E-state index is -4.52. The lowest BCUT2D eigenvalue weighted by Gasteiger charge is -2.33. The van der Waals surface area contributed by atoms with E-state index in [2.05, 4.69) is 0 Å². The standard InChI is InChI=1S/C6H9F3O2/c7-6(8,9)5(10)1-3-11-4-2-5/h10H,1-4H2. The highest BCUT2D eigenvalue weighted by Crippen LogP contribution is 2.37. The Bertz CT molecular complexity index is 137. The molecule has 1 fully saturated rings. The maximum Gasteiger partial charge on any atom is 0.417 e. The third-order valence-electron chi connectivity index (χ3n) is 1.85. The first-order valence-electron chi connectivity index (χ1n) is 3.33. The van der Waals surface area contributed by atoms with E-state index in [1.807, 2.05) is 0 Å². The molecule has 1 aliphatic rings. The molecular formula is C6H9F3O2. The van der Waals surface area contributed by atoms with Crippen LogP contribution in [0.4, 0.5) is 13.2 Å². The lowest BCUT2D eigenvalue weighted by molar-refractivity contribution is -0.279. The second-order valence-electron chi connectivity index (χ2n) is 2.64. The van der Waals surface area contributed by atoms with Crippen molar-refractivity contribution in [1.82, 2.24) is 0 Å². The summed E-state index contributed by atoms with van der Waals surface area (Å²) in [5.41, 5.74) is -2.51. The summed E-state index contributed by atoms with van der Waals surface area (Å²) < 4.78 is 40.8. The first kappa shape index (κ1) is 8.80. The SMILES string of the molecule is OC1(C(F)(F)F)CCOCC1. The Morgan fingerprint density at radius 1 is 1.18 bits per heavy atom. The van der Waals surface area contributed by atoms with Crippen molar-refractivity contribution in [2.24, 2.45) is 0 Å². The van der Waals surface area contributed by atoms with Gasteiger partial charge in [-0.2, -0.15) is 13.2 Å². The summed E-state index contributed by atoms with van der Waals surface area (Å²) in [6.07, 6.45) is -5.22. The van der Waals surface area contributed by atoms with E-state index in [1.54, 1.807) is 0 Å². The van der Waals surface area contributed by atoms with Gasteiger partial charge in [-0.25, -0.2) is 0 Å². The Morgan fingerprint density at radius 3 is 1.91 bits per heavy atom. The smallest absolute Gasteiger partial charge is 0.381 e. The molecule has 11 heavy (non-hydrogen) atoms. The highest BCUT2D eigenvalue weighted by molar-refractivity contribution is 4.88. The summed E-state index contributed by atoms with van der Waals surface area (Å²) in [6.45, 7) is -0.0357. The van der Waals surface area contributed by atoms with Gasteiger partial charge in [0.1, 0.15) is 0 Å². The van der Waals surface area contributed by atoms with E-state index in [9.17, 15) is 13.2 Å². The molecule has 0 bridgehead atoms. The van der Waals surface area contributed by atoms with Gasteiger partial charge in [0.2, 0.25) is 0 Å². The zero-order valence-corrected chi connectivity index (χ0v) is 5.82. The fourth-order valence-corrected chi connectivity index (χ4v) is 0.993. The van der Waals surface area contributed by atoms with E-state index in [1.165, 1.54) is 0 Å². The molecule has 1 saturated heterocycles. The maximum atomic E-state index is 12.0. The van der Waals surface area contributed by atoms with Crippen LogP contribution in [0.15, 0.2) is 0 Å². The fourth-order valence-electron chi connectivity index (χ4n) is 0.993. The number of aliphatic hydroxyl groups is 1. The maximum absolute atomic E-state index is 12.0. The van der Waals surface area contributed by atoms with Gasteiger partial charge < -0.3 is 9.84 Å². The van der Waals surface area contributed by atoms with Gasteiger partial charge in [-0.3, -0.25) is 0 Å². The van der Waals surface area contributed by atoms with E-state index in [-0.39, 0.29) is 26.1 Å². The highest BCUT2D eigenvalue weighted by Gasteiger charge is 2.53. The third-order valence-corrected chi connectivity index (χ3v) is 1.85. The normalized spacial score (nSPS) is 25.1. The van der Waals surface area contributed by atoms with Crippen LogP contribution in [-0.2, 0) is 4.74 Å². The number of alkyl halides is 3. The average Bonchev–Trinajstić information content (AvgIpc) is 1.87. The Kier molecular flexibility index (Phi) is 2.11. The fraction of sp³-hybridized carbons (Fsp3) is 1.00. The average molecular weight is 170 g/mol. The highest BCUT2D eigenvalue weighted by atomic mass is 19.4. The lowest BCUT2D eigenvalue weighted by Crippen LogP contribution is -2.49. The second kappa shape index (κ2) is 2.64. The van der Waals surface area contributed by atoms with Gasteiger partial charge in [0.15, 0.2) is 5.60 Å². The minimum absolute atomic E-state index is 0.0178. The van der Waals surface area contributed by atoms with Crippen molar-refractivity contribution in [2.75, 3.05) is 13.2 Å². The molecular weight excluding hydrogens is 161 g/mol. The first-order valence-corrected chi connectivity index (χ1v) is 3.33. The molecule has 0 unspecified atom stereocenters. The zero-order chi connectivity index (χ0) is 8.54. The van der Waals surface area contributed by atoms with Crippen molar-refractivity contribution >= 4 is 0 Å². The third kappa shape index (κ3) is 1.65. The number of ether oxygens (including phenoxy) is 1. The molecule has 1 N–H and O–H groups in total. The molecule has 1 heterocycles. The number of rotatable bonds is 0. The summed E-state index contributed by atoms with van der Waals surface area (Å²) in [7, 11) is 0. The molecule has 1 rings (SSSR count). The Morgan fingerprint density at radius 2 is 1.64 bits per heavy atom. The summed E-state index contributed by atoms with van der Waals surface area (Å²) >= 11 is 0. The van der Waals surface area contributed by atoms with Crippen molar-refractivity contribution in [3.8, 4) is 0 Å². The van der Waals surface area contributed by atoms with Gasteiger partial charge in [-0.05, 0) is 0 Å². The van der Waals surface area contributed by atoms with Gasteiger partial charge >= 0.3 is 6.18 Å². The monoisotopic (exact) mass is 170 g/mol. The molecule has 5 heteroatoms. The molecule has 0 amide bonds. The summed E-state index contributed by atoms with van der Waals surface area (Å²) in [5.74, 6) is 0. The molecule has 0 aromatic carbocycles. The van der Waals surface area contributed by atoms with Gasteiger partial charge in [0.25, 0.3) is 0 Å². The van der Waals surface area contributed by atoms with E-state index in [0.29, 0.717) is 0 Å². The van der Waals surface area contributed by atoms with Crippen molar-refractivity contribution in [3.63, 3.8) is 0 Å². The molecule has 2 nitrogen and oxygen atoms in total. The van der Waals surface area contributed by atoms with Crippen LogP contribution in [0, 0.1) is 0 Å². The molecule has 0 spiro atoms. The van der Waals surface area contributed by atoms with Crippen LogP contribution in [0.5, 0.6) is 0 Å². The van der Waals surface area contributed by atoms with Crippen LogP contribution >= 0.6 is 0 Å². The molecule has 0 aliphatic carbocycles. The Labute approximate surface area is 62.0 Å². The van der Waals surface area contributed by atoms with Gasteiger partial charge in [0, 0.05) is 26.1 Å². The zero-order valence-electron chi connectivity index (χ0n) is 5.82. The largest absolute Gasteiger partial charge is 0.417 e. The van der Waals surface area contributed by atoms with Gasteiger partial charge in [0.05, 0.1) is 0 Å². The number of hydrogen-bond acceptors (Lipinski definition) is 2. The summed E-state index contributed by atoms with van der Waals surface area (Å²) in [6, 6.07) is 0. The van der Waals surface area contributed by atoms with Crippen LogP contribution in [0.25, 0.3) is 0 Å². The van der Waals surface area contributed by atoms with Crippen LogP contribution < -0.4 is 0 Å². The number of hydrogen-bond donors (Lipinski definition) is 1. The molecule has 0 aromatic heterocycles. The molecule has 0 aromatic rings. The van der Waals surface area contributed by atoms with E-state index < -0.39 is 11.8 Å². The van der Waals surface area contributed by atoms with Crippen molar-refractivity contribution in [3.05, 3.63) is 0 Å². The Balaban J connectivity index is 2.64. The van der Waals surface area contributed by atoms with E-state index >= 15 is 0 Å². The molecule has 0 saturated carbocycles. The van der Waals surface area contributed by atoms with Crippen LogP contribution in [0.3, 0.4) is 0 Å². The van der Waals surface area contributed by atoms with Crippen LogP contribution in [0.2, 0.25) is 0 Å². The minimum Gasteiger partial charge on any atom is -0.381 e. The molecule has 1 aliphatic heterocycles. The van der Waals surface area contributed by atoms with Gasteiger partial charge in [-0.1, -0.05) is 0 Å². The van der Waals surface area contributed by atoms with Crippen molar-refractivity contribution in [1.29, 1.82) is 0 Å². The molecule has 66 valence electrons. The van der Waals surface area contributed by atoms with Crippen LogP contribution in [0.1, 0.15) is 12.8 Å². The molecule has 0 radical (unpaired) electrons. The predicted octanol–water partition coefficient (Wildman–Crippen LogP) is 1.09. The van der Waals surface area contributed by atoms with Gasteiger partial charge in [-0.15, -0.1) is 0 Å². The summed E-state index contributed by atoms with van der Waals surface area (Å²) in [4.78, 5) is 0. The van der Waals surface area contributed by atoms with Crippen molar-refractivity contribution in [2.45, 2.75) is 24.6 Å². The summed E-state index contributed by atoms with van der Waals surface area (Å²) in [5, 5.41) is 9.00. The van der Waals surface area contributed by atoms with Crippen molar-refractivity contribution < 1.29 is 23.0 Å². The predicted molar refractivity (Wildman–Crippen MR) is 31.1 cm³/mol. The topological polar surface area (TPSA) is 29.5 Å². The quantitative estimate of drug-likeness (QED) is 0.589. The van der Waals surface area contributed by atoms with E-state index in [0.717, 1.165) is 0 Å². The van der Waals surface area contributed by atoms with Crippen LogP contribution in [-0.4, -0.2) is 30.1 Å². The second-order valence-corrected chi connectivity index (χ2v) is 2.64. The first-order chi connectivity index (χ1) is 4.96. The lowest BCUT2D eigenvalue weighted by atomic mass is 9.94. The Hall–Kier alpha value is -0.290. The molecule has 0 atom stereocenters. The number of halogens is 3. The van der Waals surface area contributed by atoms with E-state index in [4.69, 9.17) is 9.84 Å².